The first-order valence-electron chi connectivity index (χ1n) is 9.61. The largest absolute Gasteiger partial charge is 0.482 e. The molecule has 0 bridgehead atoms. The van der Waals surface area contributed by atoms with Crippen LogP contribution in [0, 0.1) is 0 Å². The van der Waals surface area contributed by atoms with Gasteiger partial charge in [-0.15, -0.1) is 0 Å². The van der Waals surface area contributed by atoms with E-state index in [2.05, 4.69) is 22.3 Å². The zero-order valence-corrected chi connectivity index (χ0v) is 15.8. The van der Waals surface area contributed by atoms with Crippen molar-refractivity contribution in [3.05, 3.63) is 65.7 Å². The van der Waals surface area contributed by atoms with Crippen molar-refractivity contribution in [2.24, 2.45) is 0 Å². The van der Waals surface area contributed by atoms with Gasteiger partial charge < -0.3 is 15.2 Å². The molecule has 1 unspecified atom stereocenters. The third kappa shape index (κ3) is 5.82. The molecule has 0 radical (unpaired) electrons. The molecule has 2 N–H and O–H groups in total. The molecule has 6 nitrogen and oxygen atoms in total. The first-order valence-corrected chi connectivity index (χ1v) is 9.61. The standard InChI is InChI=1S/C22H26N2O4/c25-21(26)16-28-19-10-8-17(9-11-19)12-13-23-22(27)20-7-4-14-24(20)15-18-5-2-1-3-6-18/h1-3,5-6,8-11,20H,4,7,12-16H2,(H,23,27)(H,25,26). The summed E-state index contributed by atoms with van der Waals surface area (Å²) in [4.78, 5) is 25.4. The molecule has 2 aromatic rings. The number of likely N-dealkylation sites (tertiary alicyclic amines) is 1. The molecular formula is C22H26N2O4. The predicted molar refractivity (Wildman–Crippen MR) is 106 cm³/mol. The zero-order chi connectivity index (χ0) is 19.8. The van der Waals surface area contributed by atoms with Crippen LogP contribution in [0.3, 0.4) is 0 Å². The Bertz CT molecular complexity index is 777. The molecule has 1 aliphatic heterocycles. The summed E-state index contributed by atoms with van der Waals surface area (Å²) in [5.74, 6) is -0.382. The average Bonchev–Trinajstić information content (AvgIpc) is 3.16. The predicted octanol–water partition coefficient (Wildman–Crippen LogP) is 2.47. The van der Waals surface area contributed by atoms with Gasteiger partial charge in [-0.05, 0) is 49.1 Å². The van der Waals surface area contributed by atoms with Gasteiger partial charge in [0.05, 0.1) is 6.04 Å². The second kappa shape index (κ2) is 9.90. The second-order valence-electron chi connectivity index (χ2n) is 6.98. The van der Waals surface area contributed by atoms with Gasteiger partial charge in [0, 0.05) is 13.1 Å². The molecule has 28 heavy (non-hydrogen) atoms. The van der Waals surface area contributed by atoms with E-state index in [1.165, 1.54) is 5.56 Å². The summed E-state index contributed by atoms with van der Waals surface area (Å²) in [7, 11) is 0. The van der Waals surface area contributed by atoms with E-state index in [1.54, 1.807) is 12.1 Å². The van der Waals surface area contributed by atoms with E-state index in [-0.39, 0.29) is 18.6 Å². The van der Waals surface area contributed by atoms with Crippen LogP contribution in [0.15, 0.2) is 54.6 Å². The number of carbonyl (C=O) groups excluding carboxylic acids is 1. The highest BCUT2D eigenvalue weighted by molar-refractivity contribution is 5.82. The van der Waals surface area contributed by atoms with Crippen LogP contribution in [0.1, 0.15) is 24.0 Å². The summed E-state index contributed by atoms with van der Waals surface area (Å²) in [5, 5.41) is 11.7. The van der Waals surface area contributed by atoms with Crippen LogP contribution in [-0.4, -0.2) is 47.6 Å². The molecule has 0 aromatic heterocycles. The monoisotopic (exact) mass is 382 g/mol. The Balaban J connectivity index is 1.44. The molecule has 6 heteroatoms. The van der Waals surface area contributed by atoms with Gasteiger partial charge in [-0.3, -0.25) is 9.69 Å². The number of carbonyl (C=O) groups is 2. The molecule has 0 spiro atoms. The number of aliphatic carboxylic acids is 1. The highest BCUT2D eigenvalue weighted by atomic mass is 16.5. The minimum absolute atomic E-state index is 0.0630. The number of amides is 1. The van der Waals surface area contributed by atoms with E-state index in [1.807, 2.05) is 30.3 Å². The molecule has 148 valence electrons. The van der Waals surface area contributed by atoms with Crippen LogP contribution in [0.2, 0.25) is 0 Å². The maximum atomic E-state index is 12.6. The molecule has 1 aliphatic rings. The molecule has 1 fully saturated rings. The Labute approximate surface area is 165 Å². The fraction of sp³-hybridized carbons (Fsp3) is 0.364. The molecule has 1 heterocycles. The minimum Gasteiger partial charge on any atom is -0.482 e. The van der Waals surface area contributed by atoms with Gasteiger partial charge in [0.2, 0.25) is 5.91 Å². The Kier molecular flexibility index (Phi) is 7.03. The van der Waals surface area contributed by atoms with Gasteiger partial charge in [-0.1, -0.05) is 42.5 Å². The normalized spacial score (nSPS) is 16.6. The first-order chi connectivity index (χ1) is 13.6. The summed E-state index contributed by atoms with van der Waals surface area (Å²) in [6, 6.07) is 17.5. The van der Waals surface area contributed by atoms with Crippen LogP contribution < -0.4 is 10.1 Å². The second-order valence-corrected chi connectivity index (χ2v) is 6.98. The molecule has 0 aliphatic carbocycles. The minimum atomic E-state index is -1.000. The number of carboxylic acids is 1. The first kappa shape index (κ1) is 19.9. The molecule has 2 aromatic carbocycles. The third-order valence-electron chi connectivity index (χ3n) is 4.89. The molecule has 3 rings (SSSR count). The van der Waals surface area contributed by atoms with E-state index in [0.29, 0.717) is 12.3 Å². The van der Waals surface area contributed by atoms with Gasteiger partial charge in [-0.25, -0.2) is 4.79 Å². The summed E-state index contributed by atoms with van der Waals surface area (Å²) in [5.41, 5.74) is 2.29. The van der Waals surface area contributed by atoms with E-state index in [4.69, 9.17) is 9.84 Å². The van der Waals surface area contributed by atoms with Gasteiger partial charge in [-0.2, -0.15) is 0 Å². The van der Waals surface area contributed by atoms with Crippen molar-refractivity contribution in [2.45, 2.75) is 31.8 Å². The lowest BCUT2D eigenvalue weighted by Crippen LogP contribution is -2.43. The van der Waals surface area contributed by atoms with Gasteiger partial charge >= 0.3 is 5.97 Å². The SMILES string of the molecule is O=C(O)COc1ccc(CCNC(=O)C2CCCN2Cc2ccccc2)cc1. The lowest BCUT2D eigenvalue weighted by molar-refractivity contribution is -0.139. The lowest BCUT2D eigenvalue weighted by atomic mass is 10.1. The lowest BCUT2D eigenvalue weighted by Gasteiger charge is -2.23. The molecule has 1 saturated heterocycles. The fourth-order valence-electron chi connectivity index (χ4n) is 3.48. The maximum Gasteiger partial charge on any atom is 0.341 e. The number of benzene rings is 2. The number of hydrogen-bond donors (Lipinski definition) is 2. The number of nitrogens with one attached hydrogen (secondary N) is 1. The van der Waals surface area contributed by atoms with Crippen LogP contribution in [0.4, 0.5) is 0 Å². The number of nitrogens with zero attached hydrogens (tertiary/aromatic N) is 1. The topological polar surface area (TPSA) is 78.9 Å². The molecule has 1 amide bonds. The van der Waals surface area contributed by atoms with Gasteiger partial charge in [0.1, 0.15) is 5.75 Å². The average molecular weight is 382 g/mol. The Morgan fingerprint density at radius 1 is 1.07 bits per heavy atom. The number of ether oxygens (including phenoxy) is 1. The fourth-order valence-corrected chi connectivity index (χ4v) is 3.48. The van der Waals surface area contributed by atoms with Crippen molar-refractivity contribution in [2.75, 3.05) is 19.7 Å². The summed E-state index contributed by atoms with van der Waals surface area (Å²) in [6.45, 7) is 1.97. The highest BCUT2D eigenvalue weighted by Gasteiger charge is 2.30. The van der Waals surface area contributed by atoms with Crippen LogP contribution in [0.25, 0.3) is 0 Å². The summed E-state index contributed by atoms with van der Waals surface area (Å²) < 4.78 is 5.12. The van der Waals surface area contributed by atoms with Crippen molar-refractivity contribution < 1.29 is 19.4 Å². The van der Waals surface area contributed by atoms with Gasteiger partial charge in [0.25, 0.3) is 0 Å². The smallest absolute Gasteiger partial charge is 0.341 e. The van der Waals surface area contributed by atoms with Crippen molar-refractivity contribution in [1.29, 1.82) is 0 Å². The van der Waals surface area contributed by atoms with Gasteiger partial charge in [0.15, 0.2) is 6.61 Å². The number of hydrogen-bond acceptors (Lipinski definition) is 4. The van der Waals surface area contributed by atoms with E-state index >= 15 is 0 Å². The Morgan fingerprint density at radius 3 is 2.54 bits per heavy atom. The quantitative estimate of drug-likeness (QED) is 0.697. The van der Waals surface area contributed by atoms with Crippen molar-refractivity contribution in [3.8, 4) is 5.75 Å². The van der Waals surface area contributed by atoms with Crippen molar-refractivity contribution in [1.82, 2.24) is 10.2 Å². The number of carboxylic acid groups (broad SMARTS) is 1. The molecular weight excluding hydrogens is 356 g/mol. The van der Waals surface area contributed by atoms with E-state index in [0.717, 1.165) is 37.9 Å². The van der Waals surface area contributed by atoms with Crippen LogP contribution in [0.5, 0.6) is 5.75 Å². The Hall–Kier alpha value is -2.86. The van der Waals surface area contributed by atoms with Crippen molar-refractivity contribution in [3.63, 3.8) is 0 Å². The number of rotatable bonds is 9. The van der Waals surface area contributed by atoms with Crippen LogP contribution in [-0.2, 0) is 22.6 Å². The summed E-state index contributed by atoms with van der Waals surface area (Å²) >= 11 is 0. The third-order valence-corrected chi connectivity index (χ3v) is 4.89. The zero-order valence-electron chi connectivity index (χ0n) is 15.8. The van der Waals surface area contributed by atoms with E-state index < -0.39 is 5.97 Å². The Morgan fingerprint density at radius 2 is 1.82 bits per heavy atom. The van der Waals surface area contributed by atoms with E-state index in [9.17, 15) is 9.59 Å². The molecule has 1 atom stereocenters. The maximum absolute atomic E-state index is 12.6. The highest BCUT2D eigenvalue weighted by Crippen LogP contribution is 2.20. The van der Waals surface area contributed by atoms with Crippen LogP contribution >= 0.6 is 0 Å². The van der Waals surface area contributed by atoms with Crippen molar-refractivity contribution >= 4 is 11.9 Å². The summed E-state index contributed by atoms with van der Waals surface area (Å²) in [6.07, 6.45) is 2.66. The molecule has 0 saturated carbocycles.